The highest BCUT2D eigenvalue weighted by Gasteiger charge is 2.21. The molecule has 0 amide bonds. The molecule has 0 saturated heterocycles. The van der Waals surface area contributed by atoms with Gasteiger partial charge in [0.1, 0.15) is 11.6 Å². The third kappa shape index (κ3) is 4.00. The fourth-order valence-corrected chi connectivity index (χ4v) is 1.61. The van der Waals surface area contributed by atoms with E-state index in [1.54, 1.807) is 6.07 Å². The zero-order valence-corrected chi connectivity index (χ0v) is 11.5. The minimum absolute atomic E-state index is 0.138. The number of amidine groups is 1. The minimum atomic E-state index is -0.382. The maximum absolute atomic E-state index is 12.8. The average Bonchev–Trinajstić information content (AvgIpc) is 2.21. The Morgan fingerprint density at radius 3 is 2.71 bits per heavy atom. The number of ether oxygens (including phenoxy) is 1. The van der Waals surface area contributed by atoms with Gasteiger partial charge in [0, 0.05) is 5.41 Å². The van der Waals surface area contributed by atoms with Crippen LogP contribution in [0.25, 0.3) is 0 Å². The van der Waals surface area contributed by atoms with Crippen molar-refractivity contribution in [2.24, 2.45) is 11.1 Å². The Kier molecular flexibility index (Phi) is 4.51. The van der Waals surface area contributed by atoms with Crippen molar-refractivity contribution in [1.82, 2.24) is 0 Å². The second kappa shape index (κ2) is 5.49. The average molecular weight is 303 g/mol. The fourth-order valence-electron chi connectivity index (χ4n) is 1.14. The number of nitrogens with one attached hydrogen (secondary N) is 1. The van der Waals surface area contributed by atoms with Crippen molar-refractivity contribution >= 4 is 21.8 Å². The molecule has 0 radical (unpaired) electrons. The van der Waals surface area contributed by atoms with Crippen molar-refractivity contribution in [2.75, 3.05) is 6.61 Å². The van der Waals surface area contributed by atoms with Gasteiger partial charge >= 0.3 is 0 Å². The molecule has 0 aliphatic heterocycles. The molecule has 0 spiro atoms. The lowest BCUT2D eigenvalue weighted by Gasteiger charge is -2.22. The van der Waals surface area contributed by atoms with Crippen LogP contribution in [0, 0.1) is 16.6 Å². The molecule has 0 aliphatic carbocycles. The molecule has 1 aromatic rings. The van der Waals surface area contributed by atoms with E-state index in [2.05, 4.69) is 15.9 Å². The smallest absolute Gasteiger partial charge is 0.133 e. The van der Waals surface area contributed by atoms with Crippen molar-refractivity contribution in [1.29, 1.82) is 5.41 Å². The molecular weight excluding hydrogens is 287 g/mol. The summed E-state index contributed by atoms with van der Waals surface area (Å²) in [5, 5.41) is 7.41. The molecule has 1 aromatic carbocycles. The van der Waals surface area contributed by atoms with Crippen LogP contribution in [-0.4, -0.2) is 12.4 Å². The molecular formula is C12H16BrFN2O. The maximum Gasteiger partial charge on any atom is 0.133 e. The third-order valence-corrected chi connectivity index (χ3v) is 3.23. The van der Waals surface area contributed by atoms with Crippen molar-refractivity contribution in [2.45, 2.75) is 20.3 Å². The highest BCUT2D eigenvalue weighted by molar-refractivity contribution is 9.10. The molecule has 0 fully saturated rings. The summed E-state index contributed by atoms with van der Waals surface area (Å²) >= 11 is 3.22. The molecule has 3 nitrogen and oxygen atoms in total. The molecule has 0 saturated carbocycles. The Bertz CT molecular complexity index is 421. The molecule has 0 heterocycles. The number of benzene rings is 1. The van der Waals surface area contributed by atoms with Crippen LogP contribution in [0.5, 0.6) is 5.75 Å². The van der Waals surface area contributed by atoms with Gasteiger partial charge in [-0.3, -0.25) is 5.41 Å². The minimum Gasteiger partial charge on any atom is -0.492 e. The normalized spacial score (nSPS) is 11.3. The monoisotopic (exact) mass is 302 g/mol. The Morgan fingerprint density at radius 1 is 1.53 bits per heavy atom. The third-order valence-electron chi connectivity index (χ3n) is 2.61. The molecule has 17 heavy (non-hydrogen) atoms. The second-order valence-corrected chi connectivity index (χ2v) is 5.33. The first-order valence-electron chi connectivity index (χ1n) is 5.25. The van der Waals surface area contributed by atoms with Gasteiger partial charge in [-0.1, -0.05) is 13.8 Å². The zero-order chi connectivity index (χ0) is 13.1. The van der Waals surface area contributed by atoms with Crippen molar-refractivity contribution < 1.29 is 9.13 Å². The highest BCUT2D eigenvalue weighted by atomic mass is 79.9. The SMILES string of the molecule is CC(C)(CCOc1ccc(F)cc1Br)C(=N)N. The van der Waals surface area contributed by atoms with Crippen LogP contribution in [0.2, 0.25) is 0 Å². The highest BCUT2D eigenvalue weighted by Crippen LogP contribution is 2.27. The van der Waals surface area contributed by atoms with E-state index in [4.69, 9.17) is 15.9 Å². The number of halogens is 2. The number of nitrogens with two attached hydrogens (primary N) is 1. The largest absolute Gasteiger partial charge is 0.492 e. The molecule has 94 valence electrons. The van der Waals surface area contributed by atoms with E-state index >= 15 is 0 Å². The summed E-state index contributed by atoms with van der Waals surface area (Å²) in [7, 11) is 0. The van der Waals surface area contributed by atoms with Crippen LogP contribution < -0.4 is 10.5 Å². The van der Waals surface area contributed by atoms with Gasteiger partial charge in [0.2, 0.25) is 0 Å². The lowest BCUT2D eigenvalue weighted by atomic mass is 9.88. The van der Waals surface area contributed by atoms with Crippen molar-refractivity contribution in [3.05, 3.63) is 28.5 Å². The van der Waals surface area contributed by atoms with Gasteiger partial charge in [0.25, 0.3) is 0 Å². The van der Waals surface area contributed by atoms with Gasteiger partial charge in [0.05, 0.1) is 16.9 Å². The quantitative estimate of drug-likeness (QED) is 0.647. The number of hydrogen-bond acceptors (Lipinski definition) is 2. The molecule has 0 aromatic heterocycles. The fraction of sp³-hybridized carbons (Fsp3) is 0.417. The lowest BCUT2D eigenvalue weighted by Crippen LogP contribution is -2.32. The molecule has 0 aliphatic rings. The molecule has 1 rings (SSSR count). The van der Waals surface area contributed by atoms with E-state index in [9.17, 15) is 4.39 Å². The lowest BCUT2D eigenvalue weighted by molar-refractivity contribution is 0.267. The molecule has 0 bridgehead atoms. The van der Waals surface area contributed by atoms with E-state index in [1.807, 2.05) is 13.8 Å². The van der Waals surface area contributed by atoms with Crippen LogP contribution in [-0.2, 0) is 0 Å². The van der Waals surface area contributed by atoms with E-state index in [0.717, 1.165) is 0 Å². The summed E-state index contributed by atoms with van der Waals surface area (Å²) in [6.45, 7) is 4.20. The van der Waals surface area contributed by atoms with Crippen molar-refractivity contribution in [3.8, 4) is 5.75 Å². The van der Waals surface area contributed by atoms with Gasteiger partial charge < -0.3 is 10.5 Å². The standard InChI is InChI=1S/C12H16BrFN2O/c1-12(2,11(15)16)5-6-17-10-4-3-8(14)7-9(10)13/h3-4,7H,5-6H2,1-2H3,(H3,15,16). The van der Waals surface area contributed by atoms with Gasteiger partial charge in [-0.25, -0.2) is 4.39 Å². The molecule has 0 atom stereocenters. The summed E-state index contributed by atoms with van der Waals surface area (Å²) < 4.78 is 18.9. The Balaban J connectivity index is 2.54. The van der Waals surface area contributed by atoms with E-state index in [1.165, 1.54) is 12.1 Å². The predicted octanol–water partition coefficient (Wildman–Crippen LogP) is 3.32. The Hall–Kier alpha value is -1.10. The van der Waals surface area contributed by atoms with Gasteiger partial charge in [-0.05, 0) is 40.5 Å². The number of hydrogen-bond donors (Lipinski definition) is 2. The summed E-state index contributed by atoms with van der Waals surface area (Å²) in [5.74, 6) is 0.415. The number of rotatable bonds is 5. The predicted molar refractivity (Wildman–Crippen MR) is 69.9 cm³/mol. The molecule has 0 unspecified atom stereocenters. The van der Waals surface area contributed by atoms with E-state index in [-0.39, 0.29) is 17.1 Å². The van der Waals surface area contributed by atoms with Crippen LogP contribution in [0.15, 0.2) is 22.7 Å². The van der Waals surface area contributed by atoms with Crippen molar-refractivity contribution in [3.63, 3.8) is 0 Å². The summed E-state index contributed by atoms with van der Waals surface area (Å²) in [6, 6.07) is 4.27. The van der Waals surface area contributed by atoms with E-state index in [0.29, 0.717) is 23.2 Å². The molecule has 5 heteroatoms. The van der Waals surface area contributed by atoms with Crippen LogP contribution in [0.1, 0.15) is 20.3 Å². The Labute approximate surface area is 109 Å². The molecule has 3 N–H and O–H groups in total. The summed E-state index contributed by atoms with van der Waals surface area (Å²) in [4.78, 5) is 0. The van der Waals surface area contributed by atoms with Crippen LogP contribution in [0.4, 0.5) is 4.39 Å². The second-order valence-electron chi connectivity index (χ2n) is 4.47. The maximum atomic E-state index is 12.8. The van der Waals surface area contributed by atoms with Gasteiger partial charge in [0.15, 0.2) is 0 Å². The zero-order valence-electron chi connectivity index (χ0n) is 9.89. The first-order valence-corrected chi connectivity index (χ1v) is 6.04. The van der Waals surface area contributed by atoms with Crippen LogP contribution >= 0.6 is 15.9 Å². The topological polar surface area (TPSA) is 59.1 Å². The first kappa shape index (κ1) is 14.0. The summed E-state index contributed by atoms with van der Waals surface area (Å²) in [5.41, 5.74) is 5.09. The Morgan fingerprint density at radius 2 is 2.18 bits per heavy atom. The summed E-state index contributed by atoms with van der Waals surface area (Å²) in [6.07, 6.45) is 0.631. The first-order chi connectivity index (χ1) is 7.83. The van der Waals surface area contributed by atoms with Crippen LogP contribution in [0.3, 0.4) is 0 Å². The van der Waals surface area contributed by atoms with E-state index < -0.39 is 0 Å². The van der Waals surface area contributed by atoms with Gasteiger partial charge in [-0.2, -0.15) is 0 Å². The van der Waals surface area contributed by atoms with Gasteiger partial charge in [-0.15, -0.1) is 0 Å².